The van der Waals surface area contributed by atoms with Gasteiger partial charge in [-0.2, -0.15) is 18.3 Å². The maximum Gasteiger partial charge on any atom is 0.401 e. The number of H-pyrrole nitrogens is 1. The molecule has 1 atom stereocenters. The lowest BCUT2D eigenvalue weighted by Crippen LogP contribution is -2.38. The van der Waals surface area contributed by atoms with Crippen molar-refractivity contribution in [3.63, 3.8) is 0 Å². The maximum absolute atomic E-state index is 12.5. The maximum atomic E-state index is 12.5. The van der Waals surface area contributed by atoms with Crippen LogP contribution in [0.5, 0.6) is 0 Å². The first-order chi connectivity index (χ1) is 9.87. The molecule has 1 saturated heterocycles. The predicted octanol–water partition coefficient (Wildman–Crippen LogP) is 1.48. The van der Waals surface area contributed by atoms with Gasteiger partial charge in [-0.25, -0.2) is 0 Å². The molecule has 0 saturated carbocycles. The average Bonchev–Trinajstić information content (AvgIpc) is 2.85. The molecule has 8 heteroatoms. The number of rotatable bonds is 5. The van der Waals surface area contributed by atoms with Crippen molar-refractivity contribution in [2.24, 2.45) is 5.92 Å². The second-order valence-electron chi connectivity index (χ2n) is 5.35. The van der Waals surface area contributed by atoms with Crippen LogP contribution in [0.1, 0.15) is 13.3 Å². The Morgan fingerprint density at radius 1 is 1.52 bits per heavy atom. The second-order valence-corrected chi connectivity index (χ2v) is 5.35. The number of anilines is 1. The molecular weight excluding hydrogens is 285 g/mol. The monoisotopic (exact) mass is 304 g/mol. The van der Waals surface area contributed by atoms with Crippen LogP contribution in [0, 0.1) is 5.92 Å². The van der Waals surface area contributed by atoms with Crippen molar-refractivity contribution < 1.29 is 13.2 Å². The molecule has 1 unspecified atom stereocenters. The molecule has 118 valence electrons. The molecule has 0 spiro atoms. The van der Waals surface area contributed by atoms with Crippen molar-refractivity contribution in [3.8, 4) is 0 Å². The number of halogens is 3. The smallest absolute Gasteiger partial charge is 0.357 e. The fraction of sp³-hybridized carbons (Fsp3) is 0.692. The van der Waals surface area contributed by atoms with Crippen LogP contribution in [0.2, 0.25) is 0 Å². The van der Waals surface area contributed by atoms with Gasteiger partial charge >= 0.3 is 6.18 Å². The fourth-order valence-corrected chi connectivity index (χ4v) is 2.65. The van der Waals surface area contributed by atoms with Crippen LogP contribution in [0.15, 0.2) is 17.1 Å². The number of hydrogen-bond acceptors (Lipinski definition) is 4. The summed E-state index contributed by atoms with van der Waals surface area (Å²) in [7, 11) is 0. The third-order valence-corrected chi connectivity index (χ3v) is 3.64. The molecule has 5 nitrogen and oxygen atoms in total. The number of nitrogens with zero attached hydrogens (tertiary/aromatic N) is 3. The Labute approximate surface area is 120 Å². The van der Waals surface area contributed by atoms with E-state index in [0.717, 1.165) is 13.0 Å². The van der Waals surface area contributed by atoms with E-state index < -0.39 is 12.7 Å². The molecule has 1 aliphatic rings. The van der Waals surface area contributed by atoms with E-state index in [1.807, 2.05) is 4.90 Å². The first-order valence-electron chi connectivity index (χ1n) is 6.96. The van der Waals surface area contributed by atoms with E-state index in [0.29, 0.717) is 25.5 Å². The molecule has 2 heterocycles. The van der Waals surface area contributed by atoms with Crippen LogP contribution in [0.3, 0.4) is 0 Å². The molecule has 1 N–H and O–H groups in total. The molecule has 0 aromatic carbocycles. The summed E-state index contributed by atoms with van der Waals surface area (Å²) in [6.07, 6.45) is -2.16. The highest BCUT2D eigenvalue weighted by molar-refractivity contribution is 5.37. The van der Waals surface area contributed by atoms with Gasteiger partial charge in [0.25, 0.3) is 0 Å². The van der Waals surface area contributed by atoms with Crippen molar-refractivity contribution >= 4 is 5.82 Å². The van der Waals surface area contributed by atoms with Gasteiger partial charge in [0, 0.05) is 25.7 Å². The minimum absolute atomic E-state index is 0.163. The zero-order valence-electron chi connectivity index (χ0n) is 11.9. The number of aromatic nitrogens is 2. The summed E-state index contributed by atoms with van der Waals surface area (Å²) in [5.41, 5.74) is -0.181. The predicted molar refractivity (Wildman–Crippen MR) is 73.3 cm³/mol. The standard InChI is InChI=1S/C13H19F3N4O/c1-2-19(9-13(14,15)16)7-10-3-4-20(8-10)12-5-11(21)6-17-18-12/h5-6,10H,2-4,7-9H2,1H3,(H,18,21). The van der Waals surface area contributed by atoms with Gasteiger partial charge in [-0.15, -0.1) is 0 Å². The van der Waals surface area contributed by atoms with Gasteiger partial charge in [0.05, 0.1) is 12.7 Å². The van der Waals surface area contributed by atoms with E-state index in [4.69, 9.17) is 0 Å². The summed E-state index contributed by atoms with van der Waals surface area (Å²) < 4.78 is 37.4. The van der Waals surface area contributed by atoms with Crippen molar-refractivity contribution in [2.75, 3.05) is 37.6 Å². The van der Waals surface area contributed by atoms with Crippen LogP contribution in [0.25, 0.3) is 0 Å². The van der Waals surface area contributed by atoms with E-state index in [1.165, 1.54) is 17.2 Å². The topological polar surface area (TPSA) is 52.2 Å². The Morgan fingerprint density at radius 3 is 2.90 bits per heavy atom. The summed E-state index contributed by atoms with van der Waals surface area (Å²) in [5, 5.41) is 6.50. The molecule has 1 aromatic rings. The molecule has 1 fully saturated rings. The Balaban J connectivity index is 1.91. The zero-order chi connectivity index (χ0) is 15.5. The van der Waals surface area contributed by atoms with Crippen molar-refractivity contribution in [3.05, 3.63) is 22.5 Å². The van der Waals surface area contributed by atoms with Gasteiger partial charge in [0.1, 0.15) is 5.82 Å². The van der Waals surface area contributed by atoms with E-state index in [9.17, 15) is 18.0 Å². The first kappa shape index (κ1) is 15.8. The van der Waals surface area contributed by atoms with Gasteiger partial charge in [0.2, 0.25) is 5.43 Å². The van der Waals surface area contributed by atoms with Crippen molar-refractivity contribution in [1.82, 2.24) is 15.1 Å². The van der Waals surface area contributed by atoms with Gasteiger partial charge in [-0.3, -0.25) is 14.8 Å². The SMILES string of the molecule is CCN(CC1CCN(c2cc(=O)cn[nH]2)C1)CC(F)(F)F. The highest BCUT2D eigenvalue weighted by Crippen LogP contribution is 2.23. The molecule has 0 radical (unpaired) electrons. The number of nitrogens with one attached hydrogen (secondary N) is 1. The lowest BCUT2D eigenvalue weighted by molar-refractivity contribution is -0.146. The highest BCUT2D eigenvalue weighted by Gasteiger charge is 2.32. The molecule has 0 aliphatic carbocycles. The zero-order valence-corrected chi connectivity index (χ0v) is 11.9. The van der Waals surface area contributed by atoms with E-state index in [2.05, 4.69) is 10.2 Å². The Kier molecular flexibility index (Phi) is 4.87. The van der Waals surface area contributed by atoms with E-state index >= 15 is 0 Å². The summed E-state index contributed by atoms with van der Waals surface area (Å²) in [5.74, 6) is 0.792. The van der Waals surface area contributed by atoms with Gasteiger partial charge in [-0.1, -0.05) is 6.92 Å². The van der Waals surface area contributed by atoms with Crippen molar-refractivity contribution in [2.45, 2.75) is 19.5 Å². The fourth-order valence-electron chi connectivity index (χ4n) is 2.65. The van der Waals surface area contributed by atoms with Gasteiger partial charge in [0.15, 0.2) is 0 Å². The number of hydrogen-bond donors (Lipinski definition) is 1. The van der Waals surface area contributed by atoms with Gasteiger partial charge in [-0.05, 0) is 18.9 Å². The molecule has 1 aliphatic heterocycles. The molecule has 0 amide bonds. The average molecular weight is 304 g/mol. The van der Waals surface area contributed by atoms with Crippen molar-refractivity contribution in [1.29, 1.82) is 0 Å². The lowest BCUT2D eigenvalue weighted by Gasteiger charge is -2.25. The van der Waals surface area contributed by atoms with Crippen LogP contribution >= 0.6 is 0 Å². The number of alkyl halides is 3. The summed E-state index contributed by atoms with van der Waals surface area (Å²) in [6.45, 7) is 3.00. The summed E-state index contributed by atoms with van der Waals surface area (Å²) in [4.78, 5) is 14.6. The van der Waals surface area contributed by atoms with Crippen LogP contribution < -0.4 is 10.3 Å². The van der Waals surface area contributed by atoms with E-state index in [-0.39, 0.29) is 11.3 Å². The minimum atomic E-state index is -4.16. The van der Waals surface area contributed by atoms with Gasteiger partial charge < -0.3 is 4.90 Å². The normalized spacial score (nSPS) is 19.5. The summed E-state index contributed by atoms with van der Waals surface area (Å²) in [6, 6.07) is 1.46. The second kappa shape index (κ2) is 6.46. The highest BCUT2D eigenvalue weighted by atomic mass is 19.4. The minimum Gasteiger partial charge on any atom is -0.357 e. The summed E-state index contributed by atoms with van der Waals surface area (Å²) >= 11 is 0. The van der Waals surface area contributed by atoms with Crippen LogP contribution in [0.4, 0.5) is 19.0 Å². The van der Waals surface area contributed by atoms with E-state index in [1.54, 1.807) is 6.92 Å². The molecule has 1 aromatic heterocycles. The Bertz CT molecular complexity index is 517. The Hall–Kier alpha value is -1.57. The lowest BCUT2D eigenvalue weighted by atomic mass is 10.1. The van der Waals surface area contributed by atoms with Crippen LogP contribution in [-0.4, -0.2) is 54.0 Å². The molecule has 0 bridgehead atoms. The first-order valence-corrected chi connectivity index (χ1v) is 6.96. The van der Waals surface area contributed by atoms with Crippen LogP contribution in [-0.2, 0) is 0 Å². The third-order valence-electron chi connectivity index (χ3n) is 3.64. The largest absolute Gasteiger partial charge is 0.401 e. The quantitative estimate of drug-likeness (QED) is 0.895. The Morgan fingerprint density at radius 2 is 2.29 bits per heavy atom. The third kappa shape index (κ3) is 4.73. The molecule has 21 heavy (non-hydrogen) atoms. The molecular formula is C13H19F3N4O. The molecule has 2 rings (SSSR count). The number of aromatic amines is 1.